The average Bonchev–Trinajstić information content (AvgIpc) is 2.28. The second-order valence-electron chi connectivity index (χ2n) is 3.85. The summed E-state index contributed by atoms with van der Waals surface area (Å²) in [6.45, 7) is 0.398. The first kappa shape index (κ1) is 12.1. The minimum Gasteiger partial charge on any atom is -0.358 e. The summed E-state index contributed by atoms with van der Waals surface area (Å²) in [4.78, 5) is 11.7. The van der Waals surface area contributed by atoms with Gasteiger partial charge in [0.05, 0.1) is 4.90 Å². The second kappa shape index (κ2) is 4.46. The van der Waals surface area contributed by atoms with Crippen LogP contribution in [0.3, 0.4) is 0 Å². The van der Waals surface area contributed by atoms with Crippen LogP contribution in [0.4, 0.5) is 0 Å². The van der Waals surface area contributed by atoms with Crippen LogP contribution < -0.4 is 5.32 Å². The maximum atomic E-state index is 12.2. The normalized spacial score (nSPS) is 20.6. The van der Waals surface area contributed by atoms with Crippen LogP contribution in [0.5, 0.6) is 0 Å². The van der Waals surface area contributed by atoms with Crippen LogP contribution in [-0.4, -0.2) is 38.3 Å². The molecule has 92 valence electrons. The fraction of sp³-hybridized carbons (Fsp3) is 0.364. The second-order valence-corrected chi connectivity index (χ2v) is 5.74. The van der Waals surface area contributed by atoms with Crippen molar-refractivity contribution < 1.29 is 13.2 Å². The number of carbonyl (C=O) groups excluding carboxylic acids is 1. The lowest BCUT2D eigenvalue weighted by Crippen LogP contribution is -2.57. The molecule has 17 heavy (non-hydrogen) atoms. The van der Waals surface area contributed by atoms with Crippen molar-refractivity contribution in [2.45, 2.75) is 17.4 Å². The van der Waals surface area contributed by atoms with Crippen LogP contribution in [-0.2, 0) is 14.8 Å². The molecular formula is C11H14N2O3S. The van der Waals surface area contributed by atoms with E-state index >= 15 is 0 Å². The van der Waals surface area contributed by atoms with Crippen LogP contribution in [0.1, 0.15) is 6.42 Å². The van der Waals surface area contributed by atoms with E-state index in [0.29, 0.717) is 13.0 Å². The zero-order chi connectivity index (χ0) is 12.5. The van der Waals surface area contributed by atoms with Crippen molar-refractivity contribution in [3.8, 4) is 0 Å². The summed E-state index contributed by atoms with van der Waals surface area (Å²) in [7, 11) is -2.03. The minimum atomic E-state index is -3.53. The molecule has 0 unspecified atom stereocenters. The molecule has 2 rings (SSSR count). The molecular weight excluding hydrogens is 240 g/mol. The average molecular weight is 254 g/mol. The summed E-state index contributed by atoms with van der Waals surface area (Å²) in [6.07, 6.45) is 0.575. The highest BCUT2D eigenvalue weighted by molar-refractivity contribution is 7.89. The molecule has 6 heteroatoms. The summed E-state index contributed by atoms with van der Waals surface area (Å²) in [5.74, 6) is -0.254. The summed E-state index contributed by atoms with van der Waals surface area (Å²) < 4.78 is 25.6. The fourth-order valence-corrected chi connectivity index (χ4v) is 3.46. The van der Waals surface area contributed by atoms with E-state index in [-0.39, 0.29) is 10.8 Å². The number of nitrogens with zero attached hydrogens (tertiary/aromatic N) is 1. The third-order valence-corrected chi connectivity index (χ3v) is 4.79. The molecule has 5 nitrogen and oxygen atoms in total. The molecule has 1 heterocycles. The van der Waals surface area contributed by atoms with Gasteiger partial charge in [0.1, 0.15) is 6.04 Å². The summed E-state index contributed by atoms with van der Waals surface area (Å²) in [6, 6.07) is 7.60. The summed E-state index contributed by atoms with van der Waals surface area (Å²) in [5.41, 5.74) is 0. The Kier molecular flexibility index (Phi) is 3.17. The Morgan fingerprint density at radius 3 is 2.47 bits per heavy atom. The van der Waals surface area contributed by atoms with E-state index in [4.69, 9.17) is 0 Å². The molecule has 0 spiro atoms. The van der Waals surface area contributed by atoms with Crippen LogP contribution in [0.2, 0.25) is 0 Å². The van der Waals surface area contributed by atoms with E-state index in [1.807, 2.05) is 0 Å². The van der Waals surface area contributed by atoms with E-state index in [1.165, 1.54) is 23.5 Å². The Labute approximate surface area is 100 Å². The molecule has 1 atom stereocenters. The number of benzene rings is 1. The van der Waals surface area contributed by atoms with E-state index in [9.17, 15) is 13.2 Å². The number of hydrogen-bond acceptors (Lipinski definition) is 3. The molecule has 1 aliphatic rings. The zero-order valence-corrected chi connectivity index (χ0v) is 10.3. The smallest absolute Gasteiger partial charge is 0.243 e. The van der Waals surface area contributed by atoms with Gasteiger partial charge in [-0.15, -0.1) is 0 Å². The number of amides is 1. The van der Waals surface area contributed by atoms with Crippen molar-refractivity contribution in [3.05, 3.63) is 30.3 Å². The van der Waals surface area contributed by atoms with Crippen LogP contribution in [0.15, 0.2) is 35.2 Å². The van der Waals surface area contributed by atoms with Crippen molar-refractivity contribution in [2.75, 3.05) is 13.6 Å². The number of sulfonamides is 1. The lowest BCUT2D eigenvalue weighted by atomic mass is 10.1. The van der Waals surface area contributed by atoms with Gasteiger partial charge in [-0.3, -0.25) is 4.79 Å². The molecule has 1 saturated heterocycles. The number of rotatable bonds is 3. The predicted octanol–water partition coefficient (Wildman–Crippen LogP) is 0.196. The Morgan fingerprint density at radius 2 is 2.00 bits per heavy atom. The molecule has 0 saturated carbocycles. The van der Waals surface area contributed by atoms with E-state index in [0.717, 1.165) is 0 Å². The van der Waals surface area contributed by atoms with Crippen molar-refractivity contribution in [2.24, 2.45) is 0 Å². The van der Waals surface area contributed by atoms with Gasteiger partial charge in [-0.05, 0) is 18.6 Å². The van der Waals surface area contributed by atoms with Gasteiger partial charge in [-0.1, -0.05) is 18.2 Å². The van der Waals surface area contributed by atoms with Gasteiger partial charge in [0, 0.05) is 13.6 Å². The molecule has 0 aromatic heterocycles. The van der Waals surface area contributed by atoms with Crippen molar-refractivity contribution in [1.29, 1.82) is 0 Å². The monoisotopic (exact) mass is 254 g/mol. The quantitative estimate of drug-likeness (QED) is 0.837. The molecule has 1 amide bonds. The van der Waals surface area contributed by atoms with Gasteiger partial charge in [-0.2, -0.15) is 4.31 Å². The van der Waals surface area contributed by atoms with E-state index in [2.05, 4.69) is 5.32 Å². The highest BCUT2D eigenvalue weighted by Gasteiger charge is 2.42. The van der Waals surface area contributed by atoms with E-state index in [1.54, 1.807) is 18.2 Å². The van der Waals surface area contributed by atoms with Crippen molar-refractivity contribution in [3.63, 3.8) is 0 Å². The highest BCUT2D eigenvalue weighted by Crippen LogP contribution is 2.26. The Hall–Kier alpha value is -1.40. The first-order chi connectivity index (χ1) is 8.07. The fourth-order valence-electron chi connectivity index (χ4n) is 1.81. The van der Waals surface area contributed by atoms with Gasteiger partial charge < -0.3 is 5.32 Å². The standard InChI is InChI=1S/C11H14N2O3S/c1-12-11(14)10-7-8-13(10)17(15,16)9-5-3-2-4-6-9/h2-6,10H,7-8H2,1H3,(H,12,14)/t10-/m0/s1. The SMILES string of the molecule is CNC(=O)[C@@H]1CCN1S(=O)(=O)c1ccccc1. The molecule has 1 aromatic rings. The highest BCUT2D eigenvalue weighted by atomic mass is 32.2. The summed E-state index contributed by atoms with van der Waals surface area (Å²) >= 11 is 0. The van der Waals surface area contributed by atoms with Crippen molar-refractivity contribution in [1.82, 2.24) is 9.62 Å². The number of likely N-dealkylation sites (N-methyl/N-ethyl adjacent to an activating group) is 1. The Bertz CT molecular complexity index is 513. The lowest BCUT2D eigenvalue weighted by molar-refractivity contribution is -0.127. The zero-order valence-electron chi connectivity index (χ0n) is 9.46. The third-order valence-electron chi connectivity index (χ3n) is 2.87. The molecule has 1 aliphatic heterocycles. The minimum absolute atomic E-state index is 0.230. The topological polar surface area (TPSA) is 66.5 Å². The molecule has 1 aromatic carbocycles. The van der Waals surface area contributed by atoms with Crippen LogP contribution in [0, 0.1) is 0 Å². The third kappa shape index (κ3) is 2.05. The van der Waals surface area contributed by atoms with Crippen molar-refractivity contribution >= 4 is 15.9 Å². The Morgan fingerprint density at radius 1 is 1.35 bits per heavy atom. The molecule has 0 bridgehead atoms. The summed E-state index contributed by atoms with van der Waals surface area (Å²) in [5, 5.41) is 2.48. The largest absolute Gasteiger partial charge is 0.358 e. The Balaban J connectivity index is 2.26. The van der Waals surface area contributed by atoms with Gasteiger partial charge in [0.2, 0.25) is 15.9 Å². The maximum absolute atomic E-state index is 12.2. The predicted molar refractivity (Wildman–Crippen MR) is 62.8 cm³/mol. The molecule has 0 radical (unpaired) electrons. The van der Waals surface area contributed by atoms with Crippen LogP contribution in [0.25, 0.3) is 0 Å². The first-order valence-corrected chi connectivity index (χ1v) is 6.80. The van der Waals surface area contributed by atoms with Gasteiger partial charge in [0.25, 0.3) is 0 Å². The lowest BCUT2D eigenvalue weighted by Gasteiger charge is -2.38. The van der Waals surface area contributed by atoms with Crippen LogP contribution >= 0.6 is 0 Å². The molecule has 0 aliphatic carbocycles. The van der Waals surface area contributed by atoms with Gasteiger partial charge in [0.15, 0.2) is 0 Å². The number of carbonyl (C=O) groups is 1. The number of hydrogen-bond donors (Lipinski definition) is 1. The maximum Gasteiger partial charge on any atom is 0.243 e. The van der Waals surface area contributed by atoms with Gasteiger partial charge in [-0.25, -0.2) is 8.42 Å². The molecule has 1 fully saturated rings. The number of nitrogens with one attached hydrogen (secondary N) is 1. The van der Waals surface area contributed by atoms with Gasteiger partial charge >= 0.3 is 0 Å². The van der Waals surface area contributed by atoms with E-state index < -0.39 is 16.1 Å². The molecule has 1 N–H and O–H groups in total. The first-order valence-electron chi connectivity index (χ1n) is 5.36.